The Bertz CT molecular complexity index is 745. The van der Waals surface area contributed by atoms with Crippen LogP contribution in [0.15, 0.2) is 48.5 Å². The third kappa shape index (κ3) is 5.13. The minimum absolute atomic E-state index is 0.250. The fourth-order valence-electron chi connectivity index (χ4n) is 3.10. The molecule has 0 atom stereocenters. The number of hydrogen-bond acceptors (Lipinski definition) is 4. The molecule has 138 valence electrons. The molecule has 1 aliphatic rings. The zero-order valence-corrected chi connectivity index (χ0v) is 15.4. The Kier molecular flexibility index (Phi) is 6.36. The summed E-state index contributed by atoms with van der Waals surface area (Å²) >= 11 is 6.07. The lowest BCUT2D eigenvalue weighted by atomic mass is 10.2. The molecule has 5 nitrogen and oxygen atoms in total. The van der Waals surface area contributed by atoms with Crippen molar-refractivity contribution < 1.29 is 14.6 Å². The SMILES string of the molecule is O=C(O)c1cccc(OCCCN2CCN(c3cccc(Cl)c3)CC2)c1. The lowest BCUT2D eigenvalue weighted by Crippen LogP contribution is -2.46. The number of carbonyl (C=O) groups is 1. The van der Waals surface area contributed by atoms with Crippen molar-refractivity contribution in [3.05, 3.63) is 59.1 Å². The number of anilines is 1. The topological polar surface area (TPSA) is 53.0 Å². The van der Waals surface area contributed by atoms with E-state index in [1.165, 1.54) is 5.69 Å². The molecule has 2 aromatic rings. The first kappa shape index (κ1) is 18.5. The number of rotatable bonds is 7. The molecular formula is C20H23ClN2O3. The second-order valence-corrected chi connectivity index (χ2v) is 6.78. The van der Waals surface area contributed by atoms with Gasteiger partial charge in [-0.2, -0.15) is 0 Å². The Morgan fingerprint density at radius 3 is 2.58 bits per heavy atom. The molecular weight excluding hydrogens is 352 g/mol. The Hall–Kier alpha value is -2.24. The Balaban J connectivity index is 1.38. The van der Waals surface area contributed by atoms with Gasteiger partial charge in [-0.15, -0.1) is 0 Å². The van der Waals surface area contributed by atoms with Crippen molar-refractivity contribution in [2.24, 2.45) is 0 Å². The molecule has 0 aromatic heterocycles. The molecule has 6 heteroatoms. The average Bonchev–Trinajstić information content (AvgIpc) is 2.66. The highest BCUT2D eigenvalue weighted by Gasteiger charge is 2.17. The molecule has 1 fully saturated rings. The third-order valence-electron chi connectivity index (χ3n) is 4.51. The standard InChI is InChI=1S/C20H23ClN2O3/c21-17-5-2-6-18(15-17)23-11-9-22(10-12-23)8-3-13-26-19-7-1-4-16(14-19)20(24)25/h1-2,4-7,14-15H,3,8-13H2,(H,24,25). The second-order valence-electron chi connectivity index (χ2n) is 6.34. The van der Waals surface area contributed by atoms with Gasteiger partial charge in [0.15, 0.2) is 0 Å². The number of halogens is 1. The van der Waals surface area contributed by atoms with Crippen molar-refractivity contribution in [1.82, 2.24) is 4.90 Å². The van der Waals surface area contributed by atoms with E-state index in [1.54, 1.807) is 24.3 Å². The lowest BCUT2D eigenvalue weighted by molar-refractivity contribution is 0.0696. The predicted octanol–water partition coefficient (Wildman–Crippen LogP) is 3.63. The van der Waals surface area contributed by atoms with Crippen molar-refractivity contribution in [1.29, 1.82) is 0 Å². The number of ether oxygens (including phenoxy) is 1. The Morgan fingerprint density at radius 2 is 1.85 bits per heavy atom. The fraction of sp³-hybridized carbons (Fsp3) is 0.350. The number of aromatic carboxylic acids is 1. The molecule has 3 rings (SSSR count). The van der Waals surface area contributed by atoms with E-state index in [4.69, 9.17) is 21.4 Å². The van der Waals surface area contributed by atoms with Gasteiger partial charge in [0, 0.05) is 43.4 Å². The van der Waals surface area contributed by atoms with E-state index < -0.39 is 5.97 Å². The summed E-state index contributed by atoms with van der Waals surface area (Å²) in [4.78, 5) is 15.7. The maximum absolute atomic E-state index is 11.0. The van der Waals surface area contributed by atoms with Crippen molar-refractivity contribution in [2.45, 2.75) is 6.42 Å². The molecule has 0 amide bonds. The molecule has 0 bridgehead atoms. The van der Waals surface area contributed by atoms with Gasteiger partial charge in [0.2, 0.25) is 0 Å². The van der Waals surface area contributed by atoms with Gasteiger partial charge in [-0.25, -0.2) is 4.79 Å². The molecule has 1 saturated heterocycles. The molecule has 0 unspecified atom stereocenters. The summed E-state index contributed by atoms with van der Waals surface area (Å²) < 4.78 is 5.68. The normalized spacial score (nSPS) is 15.0. The zero-order chi connectivity index (χ0) is 18.4. The van der Waals surface area contributed by atoms with Crippen LogP contribution in [0.2, 0.25) is 5.02 Å². The highest BCUT2D eigenvalue weighted by molar-refractivity contribution is 6.30. The van der Waals surface area contributed by atoms with Crippen LogP contribution in [0.4, 0.5) is 5.69 Å². The Morgan fingerprint density at radius 1 is 1.08 bits per heavy atom. The highest BCUT2D eigenvalue weighted by atomic mass is 35.5. The summed E-state index contributed by atoms with van der Waals surface area (Å²) in [6.45, 7) is 5.56. The first-order valence-corrected chi connectivity index (χ1v) is 9.18. The van der Waals surface area contributed by atoms with E-state index in [0.717, 1.165) is 44.2 Å². The average molecular weight is 375 g/mol. The number of nitrogens with zero attached hydrogens (tertiary/aromatic N) is 2. The molecule has 0 saturated carbocycles. The quantitative estimate of drug-likeness (QED) is 0.750. The predicted molar refractivity (Wildman–Crippen MR) is 104 cm³/mol. The van der Waals surface area contributed by atoms with Crippen LogP contribution in [0.25, 0.3) is 0 Å². The van der Waals surface area contributed by atoms with Crippen molar-refractivity contribution >= 4 is 23.3 Å². The number of carboxylic acid groups (broad SMARTS) is 1. The van der Waals surface area contributed by atoms with Gasteiger partial charge < -0.3 is 14.7 Å². The van der Waals surface area contributed by atoms with Gasteiger partial charge in [0.25, 0.3) is 0 Å². The van der Waals surface area contributed by atoms with E-state index in [2.05, 4.69) is 15.9 Å². The van der Waals surface area contributed by atoms with Gasteiger partial charge in [-0.1, -0.05) is 23.7 Å². The molecule has 1 aliphatic heterocycles. The first-order chi connectivity index (χ1) is 12.6. The monoisotopic (exact) mass is 374 g/mol. The van der Waals surface area contributed by atoms with E-state index in [0.29, 0.717) is 12.4 Å². The van der Waals surface area contributed by atoms with Crippen LogP contribution in [-0.2, 0) is 0 Å². The van der Waals surface area contributed by atoms with Crippen LogP contribution >= 0.6 is 11.6 Å². The summed E-state index contributed by atoms with van der Waals surface area (Å²) in [6, 6.07) is 14.6. The molecule has 26 heavy (non-hydrogen) atoms. The van der Waals surface area contributed by atoms with E-state index in [1.807, 2.05) is 18.2 Å². The van der Waals surface area contributed by atoms with Crippen molar-refractivity contribution in [3.63, 3.8) is 0 Å². The maximum atomic E-state index is 11.0. The van der Waals surface area contributed by atoms with Crippen LogP contribution in [0.3, 0.4) is 0 Å². The molecule has 0 aliphatic carbocycles. The minimum atomic E-state index is -0.937. The van der Waals surface area contributed by atoms with Gasteiger partial charge in [-0.05, 0) is 42.8 Å². The molecule has 0 spiro atoms. The lowest BCUT2D eigenvalue weighted by Gasteiger charge is -2.36. The second kappa shape index (κ2) is 8.92. The number of benzene rings is 2. The summed E-state index contributed by atoms with van der Waals surface area (Å²) in [5.41, 5.74) is 1.43. The molecule has 1 N–H and O–H groups in total. The van der Waals surface area contributed by atoms with E-state index in [9.17, 15) is 4.79 Å². The molecule has 1 heterocycles. The van der Waals surface area contributed by atoms with Crippen LogP contribution in [-0.4, -0.2) is 55.3 Å². The summed E-state index contributed by atoms with van der Waals surface area (Å²) in [5, 5.41) is 9.77. The Labute approximate surface area is 158 Å². The third-order valence-corrected chi connectivity index (χ3v) is 4.75. The summed E-state index contributed by atoms with van der Waals surface area (Å²) in [5.74, 6) is -0.330. The summed E-state index contributed by atoms with van der Waals surface area (Å²) in [7, 11) is 0. The van der Waals surface area contributed by atoms with E-state index in [-0.39, 0.29) is 5.56 Å². The van der Waals surface area contributed by atoms with Crippen molar-refractivity contribution in [2.75, 3.05) is 44.2 Å². The smallest absolute Gasteiger partial charge is 0.335 e. The van der Waals surface area contributed by atoms with Gasteiger partial charge in [0.1, 0.15) is 5.75 Å². The number of carboxylic acids is 1. The van der Waals surface area contributed by atoms with Crippen molar-refractivity contribution in [3.8, 4) is 5.75 Å². The van der Waals surface area contributed by atoms with Gasteiger partial charge >= 0.3 is 5.97 Å². The minimum Gasteiger partial charge on any atom is -0.494 e. The van der Waals surface area contributed by atoms with Crippen LogP contribution in [0, 0.1) is 0 Å². The summed E-state index contributed by atoms with van der Waals surface area (Å²) in [6.07, 6.45) is 0.911. The van der Waals surface area contributed by atoms with Crippen LogP contribution in [0.5, 0.6) is 5.75 Å². The van der Waals surface area contributed by atoms with Gasteiger partial charge in [-0.3, -0.25) is 4.90 Å². The fourth-order valence-corrected chi connectivity index (χ4v) is 3.28. The highest BCUT2D eigenvalue weighted by Crippen LogP contribution is 2.21. The number of piperazine rings is 1. The molecule has 2 aromatic carbocycles. The van der Waals surface area contributed by atoms with E-state index >= 15 is 0 Å². The first-order valence-electron chi connectivity index (χ1n) is 8.81. The van der Waals surface area contributed by atoms with Crippen LogP contribution in [0.1, 0.15) is 16.8 Å². The number of hydrogen-bond donors (Lipinski definition) is 1. The largest absolute Gasteiger partial charge is 0.494 e. The molecule has 0 radical (unpaired) electrons. The van der Waals surface area contributed by atoms with Crippen LogP contribution < -0.4 is 9.64 Å². The maximum Gasteiger partial charge on any atom is 0.335 e. The zero-order valence-electron chi connectivity index (χ0n) is 14.6. The van der Waals surface area contributed by atoms with Gasteiger partial charge in [0.05, 0.1) is 12.2 Å².